The normalized spacial score (nSPS) is 12.8. The van der Waals surface area contributed by atoms with Gasteiger partial charge >= 0.3 is 0 Å². The Kier molecular flexibility index (Phi) is 10.0. The van der Waals surface area contributed by atoms with E-state index < -0.39 is 12.3 Å². The first-order valence-electron chi connectivity index (χ1n) is 5.91. The molecule has 0 aromatic carbocycles. The van der Waals surface area contributed by atoms with Gasteiger partial charge in [0.2, 0.25) is 5.91 Å². The van der Waals surface area contributed by atoms with Crippen molar-refractivity contribution in [3.05, 3.63) is 0 Å². The topological polar surface area (TPSA) is 82.8 Å². The van der Waals surface area contributed by atoms with Crippen LogP contribution in [-0.2, 0) is 19.0 Å². The lowest BCUT2D eigenvalue weighted by molar-refractivity contribution is -0.141. The first kappa shape index (κ1) is 16.3. The molecular weight excluding hydrogens is 224 g/mol. The highest BCUT2D eigenvalue weighted by Crippen LogP contribution is 1.95. The van der Waals surface area contributed by atoms with Crippen molar-refractivity contribution < 1.29 is 19.0 Å². The van der Waals surface area contributed by atoms with Gasteiger partial charge in [-0.25, -0.2) is 0 Å². The van der Waals surface area contributed by atoms with E-state index in [9.17, 15) is 4.79 Å². The van der Waals surface area contributed by atoms with Crippen molar-refractivity contribution in [2.24, 2.45) is 5.73 Å². The first-order chi connectivity index (χ1) is 8.15. The van der Waals surface area contributed by atoms with E-state index in [0.29, 0.717) is 32.8 Å². The molecule has 0 fully saturated rings. The fourth-order valence-corrected chi connectivity index (χ4v) is 1.23. The first-order valence-corrected chi connectivity index (χ1v) is 5.91. The minimum absolute atomic E-state index is 0.216. The standard InChI is InChI=1S/C11H24N2O4/c1-4-16-10(17-5-2)8-13-11(14)9(12)6-7-15-3/h9-10H,4-8,12H2,1-3H3,(H,13,14). The molecular formula is C11H24N2O4. The number of nitrogens with two attached hydrogens (primary N) is 1. The van der Waals surface area contributed by atoms with Gasteiger partial charge in [0.15, 0.2) is 6.29 Å². The van der Waals surface area contributed by atoms with Gasteiger partial charge in [-0.1, -0.05) is 0 Å². The Labute approximate surface area is 103 Å². The van der Waals surface area contributed by atoms with Crippen LogP contribution >= 0.6 is 0 Å². The van der Waals surface area contributed by atoms with Crippen molar-refractivity contribution in [3.63, 3.8) is 0 Å². The van der Waals surface area contributed by atoms with Gasteiger partial charge in [0.05, 0.1) is 12.6 Å². The summed E-state index contributed by atoms with van der Waals surface area (Å²) in [4.78, 5) is 11.6. The number of methoxy groups -OCH3 is 1. The highest BCUT2D eigenvalue weighted by atomic mass is 16.7. The van der Waals surface area contributed by atoms with Crippen LogP contribution in [0.4, 0.5) is 0 Å². The van der Waals surface area contributed by atoms with Crippen LogP contribution in [0.15, 0.2) is 0 Å². The zero-order chi connectivity index (χ0) is 13.1. The third-order valence-corrected chi connectivity index (χ3v) is 2.12. The van der Waals surface area contributed by atoms with E-state index in [-0.39, 0.29) is 5.91 Å². The quantitative estimate of drug-likeness (QED) is 0.526. The summed E-state index contributed by atoms with van der Waals surface area (Å²) < 4.78 is 15.4. The summed E-state index contributed by atoms with van der Waals surface area (Å²) in [5.74, 6) is -0.216. The molecule has 0 heterocycles. The maximum atomic E-state index is 11.6. The summed E-state index contributed by atoms with van der Waals surface area (Å²) in [6, 6.07) is -0.557. The van der Waals surface area contributed by atoms with E-state index in [1.54, 1.807) is 7.11 Å². The second-order valence-corrected chi connectivity index (χ2v) is 3.47. The molecule has 102 valence electrons. The largest absolute Gasteiger partial charge is 0.385 e. The van der Waals surface area contributed by atoms with Crippen LogP contribution in [0.3, 0.4) is 0 Å². The number of hydrogen-bond acceptors (Lipinski definition) is 5. The second-order valence-electron chi connectivity index (χ2n) is 3.47. The number of hydrogen-bond donors (Lipinski definition) is 2. The predicted molar refractivity (Wildman–Crippen MR) is 64.5 cm³/mol. The van der Waals surface area contributed by atoms with E-state index in [1.165, 1.54) is 0 Å². The van der Waals surface area contributed by atoms with E-state index in [1.807, 2.05) is 13.8 Å². The molecule has 0 rings (SSSR count). The fourth-order valence-electron chi connectivity index (χ4n) is 1.23. The molecule has 1 amide bonds. The van der Waals surface area contributed by atoms with Gasteiger partial charge in [-0.3, -0.25) is 4.79 Å². The molecule has 3 N–H and O–H groups in total. The van der Waals surface area contributed by atoms with E-state index in [4.69, 9.17) is 19.9 Å². The Bertz CT molecular complexity index is 196. The molecule has 1 unspecified atom stereocenters. The number of carbonyl (C=O) groups is 1. The highest BCUT2D eigenvalue weighted by Gasteiger charge is 2.15. The molecule has 0 aromatic heterocycles. The maximum Gasteiger partial charge on any atom is 0.237 e. The molecule has 1 atom stereocenters. The lowest BCUT2D eigenvalue weighted by atomic mass is 10.2. The Hall–Kier alpha value is -0.690. The number of carbonyl (C=O) groups excluding carboxylic acids is 1. The number of rotatable bonds is 10. The van der Waals surface area contributed by atoms with E-state index >= 15 is 0 Å². The van der Waals surface area contributed by atoms with Crippen LogP contribution in [-0.4, -0.2) is 51.7 Å². The Morgan fingerprint density at radius 3 is 2.35 bits per heavy atom. The molecule has 0 aromatic rings. The molecule has 0 spiro atoms. The average molecular weight is 248 g/mol. The Morgan fingerprint density at radius 1 is 1.29 bits per heavy atom. The fraction of sp³-hybridized carbons (Fsp3) is 0.909. The Balaban J connectivity index is 3.85. The number of amides is 1. The molecule has 6 nitrogen and oxygen atoms in total. The average Bonchev–Trinajstić information content (AvgIpc) is 2.33. The van der Waals surface area contributed by atoms with Gasteiger partial charge in [0.1, 0.15) is 0 Å². The van der Waals surface area contributed by atoms with E-state index in [2.05, 4.69) is 5.32 Å². The van der Waals surface area contributed by atoms with Gasteiger partial charge < -0.3 is 25.3 Å². The zero-order valence-corrected chi connectivity index (χ0v) is 10.9. The lowest BCUT2D eigenvalue weighted by Crippen LogP contribution is -2.44. The summed E-state index contributed by atoms with van der Waals surface area (Å²) in [6.45, 7) is 5.60. The molecule has 0 aliphatic heterocycles. The van der Waals surface area contributed by atoms with E-state index in [0.717, 1.165) is 0 Å². The summed E-state index contributed by atoms with van der Waals surface area (Å²) in [6.07, 6.45) is 0.0829. The number of ether oxygens (including phenoxy) is 3. The molecule has 0 aliphatic rings. The second kappa shape index (κ2) is 10.5. The minimum Gasteiger partial charge on any atom is -0.385 e. The number of nitrogens with one attached hydrogen (secondary N) is 1. The lowest BCUT2D eigenvalue weighted by Gasteiger charge is -2.18. The summed E-state index contributed by atoms with van der Waals surface area (Å²) in [7, 11) is 1.57. The van der Waals surface area contributed by atoms with Crippen LogP contribution < -0.4 is 11.1 Å². The summed E-state index contributed by atoms with van der Waals surface area (Å²) >= 11 is 0. The van der Waals surface area contributed by atoms with Crippen LogP contribution in [0.2, 0.25) is 0 Å². The molecule has 0 saturated carbocycles. The molecule has 0 bridgehead atoms. The van der Waals surface area contributed by atoms with Crippen molar-refractivity contribution in [1.82, 2.24) is 5.32 Å². The maximum absolute atomic E-state index is 11.6. The van der Waals surface area contributed by atoms with Gasteiger partial charge in [0.25, 0.3) is 0 Å². The van der Waals surface area contributed by atoms with Gasteiger partial charge in [0, 0.05) is 26.9 Å². The van der Waals surface area contributed by atoms with Gasteiger partial charge in [-0.05, 0) is 20.3 Å². The molecule has 0 aliphatic carbocycles. The SMILES string of the molecule is CCOC(CNC(=O)C(N)CCOC)OCC. The van der Waals surface area contributed by atoms with Crippen molar-refractivity contribution in [1.29, 1.82) is 0 Å². The monoisotopic (exact) mass is 248 g/mol. The molecule has 0 radical (unpaired) electrons. The summed E-state index contributed by atoms with van der Waals surface area (Å²) in [5, 5.41) is 2.69. The molecule has 0 saturated heterocycles. The third-order valence-electron chi connectivity index (χ3n) is 2.12. The predicted octanol–water partition coefficient (Wildman–Crippen LogP) is -0.134. The smallest absolute Gasteiger partial charge is 0.237 e. The van der Waals surface area contributed by atoms with Crippen LogP contribution in [0.1, 0.15) is 20.3 Å². The zero-order valence-electron chi connectivity index (χ0n) is 10.9. The molecule has 17 heavy (non-hydrogen) atoms. The van der Waals surface area contributed by atoms with Crippen molar-refractivity contribution in [2.45, 2.75) is 32.6 Å². The van der Waals surface area contributed by atoms with Crippen LogP contribution in [0.25, 0.3) is 0 Å². The van der Waals surface area contributed by atoms with Crippen LogP contribution in [0, 0.1) is 0 Å². The molecule has 6 heteroatoms. The van der Waals surface area contributed by atoms with Crippen molar-refractivity contribution in [3.8, 4) is 0 Å². The van der Waals surface area contributed by atoms with Crippen molar-refractivity contribution in [2.75, 3.05) is 33.5 Å². The minimum atomic E-state index is -0.557. The Morgan fingerprint density at radius 2 is 1.88 bits per heavy atom. The highest BCUT2D eigenvalue weighted by molar-refractivity contribution is 5.81. The third kappa shape index (κ3) is 8.09. The van der Waals surface area contributed by atoms with Crippen LogP contribution in [0.5, 0.6) is 0 Å². The summed E-state index contributed by atoms with van der Waals surface area (Å²) in [5.41, 5.74) is 5.66. The van der Waals surface area contributed by atoms with Gasteiger partial charge in [-0.15, -0.1) is 0 Å². The van der Waals surface area contributed by atoms with Gasteiger partial charge in [-0.2, -0.15) is 0 Å². The van der Waals surface area contributed by atoms with Crippen molar-refractivity contribution >= 4 is 5.91 Å².